The molecule has 1 fully saturated rings. The van der Waals surface area contributed by atoms with Gasteiger partial charge in [0.15, 0.2) is 0 Å². The van der Waals surface area contributed by atoms with E-state index in [9.17, 15) is 4.79 Å². The van der Waals surface area contributed by atoms with Crippen molar-refractivity contribution < 1.29 is 4.79 Å². The van der Waals surface area contributed by atoms with Gasteiger partial charge in [-0.3, -0.25) is 9.48 Å². The molecule has 0 unspecified atom stereocenters. The average Bonchev–Trinajstić information content (AvgIpc) is 3.12. The second-order valence-corrected chi connectivity index (χ2v) is 6.95. The van der Waals surface area contributed by atoms with Gasteiger partial charge in [-0.25, -0.2) is 0 Å². The van der Waals surface area contributed by atoms with E-state index in [2.05, 4.69) is 12.0 Å². The van der Waals surface area contributed by atoms with Gasteiger partial charge in [-0.05, 0) is 50.3 Å². The SMILES string of the molecule is Cc1nn(C)c(C)c1CCC(=O)N1CCC[C@H]1c1ccccc1Cl. The molecule has 1 aliphatic rings. The molecular weight excluding hydrogens is 322 g/mol. The van der Waals surface area contributed by atoms with Crippen LogP contribution in [0.3, 0.4) is 0 Å². The summed E-state index contributed by atoms with van der Waals surface area (Å²) < 4.78 is 1.89. The maximum absolute atomic E-state index is 12.8. The van der Waals surface area contributed by atoms with Gasteiger partial charge in [0, 0.05) is 30.7 Å². The van der Waals surface area contributed by atoms with Crippen molar-refractivity contribution in [1.29, 1.82) is 0 Å². The van der Waals surface area contributed by atoms with Gasteiger partial charge >= 0.3 is 0 Å². The Bertz CT molecular complexity index is 753. The minimum Gasteiger partial charge on any atom is -0.336 e. The molecule has 1 amide bonds. The van der Waals surface area contributed by atoms with Crippen LogP contribution < -0.4 is 0 Å². The molecule has 128 valence electrons. The van der Waals surface area contributed by atoms with E-state index < -0.39 is 0 Å². The Hall–Kier alpha value is -1.81. The van der Waals surface area contributed by atoms with E-state index in [0.29, 0.717) is 6.42 Å². The van der Waals surface area contributed by atoms with E-state index in [4.69, 9.17) is 11.6 Å². The monoisotopic (exact) mass is 345 g/mol. The normalized spacial score (nSPS) is 17.5. The molecule has 0 spiro atoms. The van der Waals surface area contributed by atoms with Gasteiger partial charge in [0.1, 0.15) is 0 Å². The number of nitrogens with zero attached hydrogens (tertiary/aromatic N) is 3. The van der Waals surface area contributed by atoms with Gasteiger partial charge in [-0.1, -0.05) is 29.8 Å². The van der Waals surface area contributed by atoms with Crippen LogP contribution in [0.25, 0.3) is 0 Å². The zero-order valence-electron chi connectivity index (χ0n) is 14.6. The van der Waals surface area contributed by atoms with Crippen LogP contribution in [0.15, 0.2) is 24.3 Å². The fourth-order valence-electron chi connectivity index (χ4n) is 3.69. The highest BCUT2D eigenvalue weighted by molar-refractivity contribution is 6.31. The summed E-state index contributed by atoms with van der Waals surface area (Å²) in [6.45, 7) is 4.89. The number of halogens is 1. The highest BCUT2D eigenvalue weighted by Gasteiger charge is 2.30. The van der Waals surface area contributed by atoms with Gasteiger partial charge in [0.2, 0.25) is 5.91 Å². The van der Waals surface area contributed by atoms with Crippen molar-refractivity contribution in [3.8, 4) is 0 Å². The van der Waals surface area contributed by atoms with E-state index in [-0.39, 0.29) is 11.9 Å². The third-order valence-electron chi connectivity index (χ3n) is 5.09. The first-order valence-electron chi connectivity index (χ1n) is 8.52. The van der Waals surface area contributed by atoms with Crippen molar-refractivity contribution in [2.24, 2.45) is 7.05 Å². The third-order valence-corrected chi connectivity index (χ3v) is 5.43. The number of carbonyl (C=O) groups is 1. The van der Waals surface area contributed by atoms with Crippen LogP contribution >= 0.6 is 11.6 Å². The number of aromatic nitrogens is 2. The number of hydrogen-bond donors (Lipinski definition) is 0. The van der Waals surface area contributed by atoms with E-state index in [1.165, 1.54) is 5.56 Å². The van der Waals surface area contributed by atoms with Crippen LogP contribution in [0.2, 0.25) is 5.02 Å². The van der Waals surface area contributed by atoms with Crippen molar-refractivity contribution >= 4 is 17.5 Å². The quantitative estimate of drug-likeness (QED) is 0.840. The minimum atomic E-state index is 0.113. The van der Waals surface area contributed by atoms with Gasteiger partial charge in [-0.15, -0.1) is 0 Å². The second-order valence-electron chi connectivity index (χ2n) is 6.54. The standard InChI is InChI=1S/C19H24ClN3O/c1-13-15(14(2)22(3)21-13)10-11-19(24)23-12-6-9-18(23)16-7-4-5-8-17(16)20/h4-5,7-8,18H,6,9-12H2,1-3H3/t18-/m0/s1. The second kappa shape index (κ2) is 6.98. The zero-order chi connectivity index (χ0) is 17.3. The van der Waals surface area contributed by atoms with Crippen molar-refractivity contribution in [3.05, 3.63) is 51.8 Å². The summed E-state index contributed by atoms with van der Waals surface area (Å²) in [4.78, 5) is 14.8. The van der Waals surface area contributed by atoms with Gasteiger partial charge < -0.3 is 4.90 Å². The summed E-state index contributed by atoms with van der Waals surface area (Å²) in [5.74, 6) is 0.208. The molecule has 1 saturated heterocycles. The summed E-state index contributed by atoms with van der Waals surface area (Å²) >= 11 is 6.34. The lowest BCUT2D eigenvalue weighted by Crippen LogP contribution is -2.30. The van der Waals surface area contributed by atoms with Gasteiger partial charge in [0.05, 0.1) is 11.7 Å². The molecule has 1 aliphatic heterocycles. The lowest BCUT2D eigenvalue weighted by atomic mass is 10.0. The molecule has 5 heteroatoms. The molecule has 3 rings (SSSR count). The topological polar surface area (TPSA) is 38.1 Å². The fraction of sp³-hybridized carbons (Fsp3) is 0.474. The Labute approximate surface area is 148 Å². The molecule has 24 heavy (non-hydrogen) atoms. The number of amides is 1. The predicted octanol–water partition coefficient (Wildman–Crippen LogP) is 3.99. The maximum atomic E-state index is 12.8. The molecule has 2 aromatic rings. The first-order valence-corrected chi connectivity index (χ1v) is 8.89. The van der Waals surface area contributed by atoms with Crippen molar-refractivity contribution in [2.75, 3.05) is 6.54 Å². The largest absolute Gasteiger partial charge is 0.336 e. The van der Waals surface area contributed by atoms with E-state index in [1.807, 2.05) is 47.8 Å². The summed E-state index contributed by atoms with van der Waals surface area (Å²) in [7, 11) is 1.95. The summed E-state index contributed by atoms with van der Waals surface area (Å²) in [5, 5.41) is 5.19. The minimum absolute atomic E-state index is 0.113. The number of aryl methyl sites for hydroxylation is 2. The van der Waals surface area contributed by atoms with Gasteiger partial charge in [-0.2, -0.15) is 5.10 Å². The van der Waals surface area contributed by atoms with E-state index in [0.717, 1.165) is 47.8 Å². The summed E-state index contributed by atoms with van der Waals surface area (Å²) in [5.41, 5.74) is 4.43. The third kappa shape index (κ3) is 3.20. The highest BCUT2D eigenvalue weighted by atomic mass is 35.5. The molecule has 1 atom stereocenters. The Morgan fingerprint density at radius 2 is 2.08 bits per heavy atom. The Morgan fingerprint density at radius 1 is 1.33 bits per heavy atom. The molecule has 0 bridgehead atoms. The molecule has 0 aliphatic carbocycles. The number of carbonyl (C=O) groups excluding carboxylic acids is 1. The lowest BCUT2D eigenvalue weighted by molar-refractivity contribution is -0.132. The lowest BCUT2D eigenvalue weighted by Gasteiger charge is -2.26. The average molecular weight is 346 g/mol. The van der Waals surface area contributed by atoms with Crippen molar-refractivity contribution in [1.82, 2.24) is 14.7 Å². The van der Waals surface area contributed by atoms with Crippen molar-refractivity contribution in [2.45, 2.75) is 45.6 Å². The van der Waals surface area contributed by atoms with Crippen LogP contribution in [-0.2, 0) is 18.3 Å². The number of likely N-dealkylation sites (tertiary alicyclic amines) is 1. The summed E-state index contributed by atoms with van der Waals surface area (Å²) in [6, 6.07) is 7.97. The molecule has 0 saturated carbocycles. The first-order chi connectivity index (χ1) is 11.5. The van der Waals surface area contributed by atoms with Crippen molar-refractivity contribution in [3.63, 3.8) is 0 Å². The Balaban J connectivity index is 1.71. The first kappa shape index (κ1) is 17.0. The van der Waals surface area contributed by atoms with Gasteiger partial charge in [0.25, 0.3) is 0 Å². The molecule has 0 N–H and O–H groups in total. The molecule has 4 nitrogen and oxygen atoms in total. The zero-order valence-corrected chi connectivity index (χ0v) is 15.3. The highest BCUT2D eigenvalue weighted by Crippen LogP contribution is 2.36. The molecule has 2 heterocycles. The van der Waals surface area contributed by atoms with Crippen LogP contribution in [0, 0.1) is 13.8 Å². The van der Waals surface area contributed by atoms with Crippen LogP contribution in [0.5, 0.6) is 0 Å². The van der Waals surface area contributed by atoms with Crippen LogP contribution in [0.1, 0.15) is 47.8 Å². The number of benzene rings is 1. The number of rotatable bonds is 4. The predicted molar refractivity (Wildman–Crippen MR) is 96.1 cm³/mol. The Kier molecular flexibility index (Phi) is 4.95. The Morgan fingerprint density at radius 3 is 2.75 bits per heavy atom. The molecule has 1 aromatic carbocycles. The smallest absolute Gasteiger partial charge is 0.223 e. The molecule has 1 aromatic heterocycles. The summed E-state index contributed by atoms with van der Waals surface area (Å²) in [6.07, 6.45) is 3.29. The molecular formula is C19H24ClN3O. The molecule has 0 radical (unpaired) electrons. The van der Waals surface area contributed by atoms with Crippen LogP contribution in [0.4, 0.5) is 0 Å². The fourth-order valence-corrected chi connectivity index (χ4v) is 3.95. The van der Waals surface area contributed by atoms with E-state index >= 15 is 0 Å². The van der Waals surface area contributed by atoms with Crippen LogP contribution in [-0.4, -0.2) is 27.1 Å². The number of hydrogen-bond acceptors (Lipinski definition) is 2. The maximum Gasteiger partial charge on any atom is 0.223 e. The van der Waals surface area contributed by atoms with E-state index in [1.54, 1.807) is 0 Å².